The number of pyridine rings is 1. The van der Waals surface area contributed by atoms with Gasteiger partial charge in [0.05, 0.1) is 52.7 Å². The molecule has 5 N–H and O–H groups in total. The van der Waals surface area contributed by atoms with E-state index in [1.807, 2.05) is 70.5 Å². The van der Waals surface area contributed by atoms with Gasteiger partial charge in [-0.15, -0.1) is 0 Å². The standard InChI is InChI=1S/C59H94FN5O16/c1-15-45-59(10,74)51(69)36(6)62(13)30-32(2)28-57(8,73)52(81-56-49(68)44(61(11)12)25-33(3)77-56)34(4)50(35(5)55(72)79-45)80-47-29-58(9,75-14)53(37(7)78-47)76-24-16-17-46(66)64-22-20-63(21-23-64)43-27-42-39(26-41(43)60)48(67)40(54(70)71)31-65(42)38-18-19-38/h26-27,31-38,44-45,47,49-53,56,68-69,73-74H,15-25,28-30H2,1-14H3,(H,70,71)/t32-,33-,34+,35-,36-,37+,44+,45-,47?,49-,50+,51-,52-,53+,56+,57-,58-,59-/m1/s1. The van der Waals surface area contributed by atoms with Crippen LogP contribution >= 0.6 is 0 Å². The fourth-order valence-electron chi connectivity index (χ4n) is 13.2. The lowest BCUT2D eigenvalue weighted by Gasteiger charge is -2.49. The average Bonchev–Trinajstić information content (AvgIpc) is 4.29. The van der Waals surface area contributed by atoms with Gasteiger partial charge in [-0.3, -0.25) is 14.4 Å². The van der Waals surface area contributed by atoms with E-state index in [1.54, 1.807) is 50.3 Å². The predicted octanol–water partition coefficient (Wildman–Crippen LogP) is 4.54. The zero-order chi connectivity index (χ0) is 59.8. The number of ether oxygens (including phenoxy) is 7. The Hall–Kier alpha value is -3.91. The molecule has 0 bridgehead atoms. The van der Waals surface area contributed by atoms with Crippen LogP contribution in [0.5, 0.6) is 0 Å². The smallest absolute Gasteiger partial charge is 0.341 e. The van der Waals surface area contributed by atoms with E-state index in [-0.39, 0.29) is 73.4 Å². The maximum atomic E-state index is 15.7. The van der Waals surface area contributed by atoms with Gasteiger partial charge in [0.1, 0.15) is 41.4 Å². The zero-order valence-corrected chi connectivity index (χ0v) is 50.2. The first-order valence-electron chi connectivity index (χ1n) is 29.2. The molecular weight excluding hydrogens is 1050 g/mol. The first-order valence-corrected chi connectivity index (χ1v) is 29.2. The minimum atomic E-state index is -1.86. The molecule has 4 saturated heterocycles. The van der Waals surface area contributed by atoms with Gasteiger partial charge in [0.2, 0.25) is 11.3 Å². The van der Waals surface area contributed by atoms with Gasteiger partial charge in [-0.2, -0.15) is 0 Å². The van der Waals surface area contributed by atoms with Gasteiger partial charge in [0.15, 0.2) is 12.6 Å². The third-order valence-corrected chi connectivity index (χ3v) is 18.2. The fraction of sp³-hybridized carbons (Fsp3) is 0.797. The van der Waals surface area contributed by atoms with Gasteiger partial charge in [-0.05, 0) is 126 Å². The molecule has 1 amide bonds. The molecule has 1 saturated carbocycles. The van der Waals surface area contributed by atoms with Crippen LogP contribution in [0.15, 0.2) is 23.1 Å². The minimum absolute atomic E-state index is 0.0214. The number of esters is 1. The molecule has 4 aliphatic heterocycles. The summed E-state index contributed by atoms with van der Waals surface area (Å²) in [5.41, 5.74) is -4.85. The van der Waals surface area contributed by atoms with Crippen LogP contribution in [-0.4, -0.2) is 221 Å². The SMILES string of the molecule is CC[C@H]1OC(=O)[C@H](C)[C@@H](OC2C[C@@](C)(OC)[C@@H](OCCCC(=O)N3CCN(c4cc5c(cc4F)c(=O)c(C(=O)O)cn5C4CC4)CC3)[C@H](C)O2)[C@H](C)[C@@H](O[C@@H]2O[C@H](C)C[C@H](N(C)C)[C@H]2O)[C@](C)(O)C[C@@H](C)CN(C)[C@H](C)[C@@H](O)[C@]1(C)O. The molecule has 5 heterocycles. The number of piperazine rings is 1. The Morgan fingerprint density at radius 3 is 2.20 bits per heavy atom. The lowest BCUT2D eigenvalue weighted by atomic mass is 9.77. The normalized spacial score (nSPS) is 38.2. The van der Waals surface area contributed by atoms with E-state index in [4.69, 9.17) is 33.2 Å². The van der Waals surface area contributed by atoms with Gasteiger partial charge >= 0.3 is 11.9 Å². The van der Waals surface area contributed by atoms with Crippen molar-refractivity contribution >= 4 is 34.4 Å². The van der Waals surface area contributed by atoms with Crippen molar-refractivity contribution in [1.29, 1.82) is 0 Å². The Morgan fingerprint density at radius 1 is 0.926 bits per heavy atom. The number of cyclic esters (lactones) is 1. The van der Waals surface area contributed by atoms with E-state index in [1.165, 1.54) is 13.1 Å². The first kappa shape index (κ1) is 64.6. The summed E-state index contributed by atoms with van der Waals surface area (Å²) in [7, 11) is 7.15. The summed E-state index contributed by atoms with van der Waals surface area (Å²) in [4.78, 5) is 60.5. The summed E-state index contributed by atoms with van der Waals surface area (Å²) in [5, 5.41) is 57.9. The Labute approximate surface area is 476 Å². The summed E-state index contributed by atoms with van der Waals surface area (Å²) >= 11 is 0. The highest BCUT2D eigenvalue weighted by molar-refractivity contribution is 5.93. The lowest BCUT2D eigenvalue weighted by Crippen LogP contribution is -2.61. The number of carboxylic acid groups (broad SMARTS) is 1. The number of likely N-dealkylation sites (N-methyl/N-ethyl adjacent to an activating group) is 2. The molecule has 2 aromatic rings. The highest BCUT2D eigenvalue weighted by Gasteiger charge is 2.53. The molecule has 1 aliphatic carbocycles. The third kappa shape index (κ3) is 14.3. The Morgan fingerprint density at radius 2 is 1.59 bits per heavy atom. The van der Waals surface area contributed by atoms with Gasteiger partial charge in [-0.1, -0.05) is 20.8 Å². The van der Waals surface area contributed by atoms with E-state index in [9.17, 15) is 44.7 Å². The second kappa shape index (κ2) is 26.1. The van der Waals surface area contributed by atoms with Gasteiger partial charge < -0.3 is 82.9 Å². The van der Waals surface area contributed by atoms with Gasteiger partial charge in [-0.25, -0.2) is 9.18 Å². The monoisotopic (exact) mass is 1150 g/mol. The number of aromatic carboxylic acids is 1. The number of carboxylic acids is 1. The van der Waals surface area contributed by atoms with Crippen LogP contribution in [0.4, 0.5) is 10.1 Å². The molecule has 0 radical (unpaired) electrons. The Kier molecular flexibility index (Phi) is 20.9. The van der Waals surface area contributed by atoms with Crippen molar-refractivity contribution in [2.45, 2.75) is 217 Å². The molecule has 1 aromatic heterocycles. The number of aliphatic hydroxyl groups is 4. The number of amides is 1. The molecule has 21 nitrogen and oxygen atoms in total. The molecule has 458 valence electrons. The largest absolute Gasteiger partial charge is 0.477 e. The fourth-order valence-corrected chi connectivity index (χ4v) is 13.2. The van der Waals surface area contributed by atoms with Gasteiger partial charge in [0, 0.05) is 94.9 Å². The van der Waals surface area contributed by atoms with Gasteiger partial charge in [0.25, 0.3) is 0 Å². The quantitative estimate of drug-likeness (QED) is 0.121. The third-order valence-electron chi connectivity index (χ3n) is 18.2. The predicted molar refractivity (Wildman–Crippen MR) is 299 cm³/mol. The zero-order valence-electron chi connectivity index (χ0n) is 50.2. The summed E-state index contributed by atoms with van der Waals surface area (Å²) in [6, 6.07) is 1.87. The number of carbonyl (C=O) groups excluding carboxylic acids is 2. The Bertz CT molecular complexity index is 2560. The van der Waals surface area contributed by atoms with Crippen LogP contribution in [0.3, 0.4) is 0 Å². The van der Waals surface area contributed by atoms with Crippen LogP contribution in [0.1, 0.15) is 137 Å². The highest BCUT2D eigenvalue weighted by atomic mass is 19.1. The second-order valence-electron chi connectivity index (χ2n) is 25.1. The molecule has 22 heteroatoms. The first-order chi connectivity index (χ1) is 37.9. The molecule has 7 rings (SSSR count). The molecule has 18 atom stereocenters. The maximum Gasteiger partial charge on any atom is 0.341 e. The molecule has 1 unspecified atom stereocenters. The number of nitrogens with zero attached hydrogens (tertiary/aromatic N) is 5. The number of methoxy groups -OCH3 is 1. The number of carbonyl (C=O) groups is 3. The molecular formula is C59H94FN5O16. The van der Waals surface area contributed by atoms with Crippen molar-refractivity contribution in [2.75, 3.05) is 72.5 Å². The number of halogens is 1. The maximum absolute atomic E-state index is 15.7. The van der Waals surface area contributed by atoms with Crippen LogP contribution in [0.2, 0.25) is 0 Å². The number of rotatable bonds is 15. The Balaban J connectivity index is 1.05. The van der Waals surface area contributed by atoms with E-state index >= 15 is 4.39 Å². The number of aliphatic hydroxyl groups excluding tert-OH is 2. The summed E-state index contributed by atoms with van der Waals surface area (Å²) in [6.07, 6.45) is -4.91. The number of hydrogen-bond donors (Lipinski definition) is 5. The molecule has 1 aromatic carbocycles. The number of anilines is 1. The number of fused-ring (bicyclic) bond motifs is 1. The molecule has 0 spiro atoms. The van der Waals surface area contributed by atoms with Crippen LogP contribution < -0.4 is 10.3 Å². The van der Waals surface area contributed by atoms with Crippen LogP contribution in [0, 0.1) is 23.6 Å². The summed E-state index contributed by atoms with van der Waals surface area (Å²) in [5.74, 6) is -4.90. The average molecular weight is 1150 g/mol. The van der Waals surface area contributed by atoms with Crippen LogP contribution in [0.25, 0.3) is 10.9 Å². The summed E-state index contributed by atoms with van der Waals surface area (Å²) in [6.45, 7) is 19.7. The molecule has 5 fully saturated rings. The topological polar surface area (TPSA) is 252 Å². The van der Waals surface area contributed by atoms with E-state index in [0.717, 1.165) is 18.9 Å². The minimum Gasteiger partial charge on any atom is -0.477 e. The lowest BCUT2D eigenvalue weighted by molar-refractivity contribution is -0.320. The molecule has 5 aliphatic rings. The summed E-state index contributed by atoms with van der Waals surface area (Å²) < 4.78 is 63.1. The van der Waals surface area contributed by atoms with E-state index in [0.29, 0.717) is 51.1 Å². The second-order valence-corrected chi connectivity index (χ2v) is 25.1. The number of benzene rings is 1. The number of hydrogen-bond acceptors (Lipinski definition) is 18. The van der Waals surface area contributed by atoms with Crippen molar-refractivity contribution in [3.05, 3.63) is 39.9 Å². The van der Waals surface area contributed by atoms with Crippen molar-refractivity contribution in [2.24, 2.45) is 17.8 Å². The van der Waals surface area contributed by atoms with Crippen molar-refractivity contribution in [3.63, 3.8) is 0 Å². The highest BCUT2D eigenvalue weighted by Crippen LogP contribution is 2.42. The van der Waals surface area contributed by atoms with Crippen molar-refractivity contribution in [3.8, 4) is 0 Å². The van der Waals surface area contributed by atoms with Crippen LogP contribution in [-0.2, 0) is 42.7 Å². The van der Waals surface area contributed by atoms with Crippen molar-refractivity contribution in [1.82, 2.24) is 19.3 Å². The van der Waals surface area contributed by atoms with Crippen molar-refractivity contribution < 1.29 is 77.5 Å². The van der Waals surface area contributed by atoms with E-state index < -0.39 is 119 Å². The van der Waals surface area contributed by atoms with E-state index in [2.05, 4.69) is 0 Å². The number of aromatic nitrogens is 1. The molecule has 81 heavy (non-hydrogen) atoms.